The predicted octanol–water partition coefficient (Wildman–Crippen LogP) is 7.52. The lowest BCUT2D eigenvalue weighted by molar-refractivity contribution is 0.878. The van der Waals surface area contributed by atoms with Gasteiger partial charge >= 0.3 is 0 Å². The largest absolute Gasteiger partial charge is 0.228 e. The van der Waals surface area contributed by atoms with Gasteiger partial charge in [0.1, 0.15) is 0 Å². The molecule has 0 radical (unpaired) electrons. The summed E-state index contributed by atoms with van der Waals surface area (Å²) in [5.74, 6) is 0. The van der Waals surface area contributed by atoms with Gasteiger partial charge in [-0.2, -0.15) is 5.10 Å². The highest BCUT2D eigenvalue weighted by Gasteiger charge is 2.18. The van der Waals surface area contributed by atoms with Crippen LogP contribution in [-0.4, -0.2) is 14.8 Å². The van der Waals surface area contributed by atoms with E-state index in [0.717, 1.165) is 39.2 Å². The Balaban J connectivity index is 1.66. The van der Waals surface area contributed by atoms with Crippen molar-refractivity contribution in [3.63, 3.8) is 0 Å². The van der Waals surface area contributed by atoms with Crippen LogP contribution in [-0.2, 0) is 0 Å². The minimum absolute atomic E-state index is 0.875. The molecule has 0 aliphatic carbocycles. The standard InChI is InChI=1S/C30H23N3/c1-20-12-14-23(15-13-20)27-19-28(25-17-16-22-8-6-7-9-24(22)18-25)31-30-29(27)21(2)32-33(30)26-10-4-3-5-11-26/h3-19H,1-2H3. The molecule has 4 aromatic carbocycles. The summed E-state index contributed by atoms with van der Waals surface area (Å²) in [6.45, 7) is 4.18. The second-order valence-corrected chi connectivity index (χ2v) is 8.51. The Hall–Kier alpha value is -4.24. The molecule has 33 heavy (non-hydrogen) atoms. The maximum Gasteiger partial charge on any atom is 0.164 e. The molecule has 0 saturated heterocycles. The van der Waals surface area contributed by atoms with Gasteiger partial charge in [0.15, 0.2) is 5.65 Å². The summed E-state index contributed by atoms with van der Waals surface area (Å²) in [5.41, 5.74) is 8.47. The Kier molecular flexibility index (Phi) is 4.55. The van der Waals surface area contributed by atoms with Crippen molar-refractivity contribution in [2.75, 3.05) is 0 Å². The van der Waals surface area contributed by atoms with Gasteiger partial charge in [-0.15, -0.1) is 0 Å². The number of benzene rings is 4. The number of hydrogen-bond donors (Lipinski definition) is 0. The maximum absolute atomic E-state index is 5.15. The van der Waals surface area contributed by atoms with E-state index in [0.29, 0.717) is 0 Å². The first-order chi connectivity index (χ1) is 16.2. The van der Waals surface area contributed by atoms with Crippen LogP contribution in [0.15, 0.2) is 103 Å². The summed E-state index contributed by atoms with van der Waals surface area (Å²) in [5, 5.41) is 8.43. The minimum Gasteiger partial charge on any atom is -0.228 e. The fourth-order valence-corrected chi connectivity index (χ4v) is 4.50. The molecule has 0 unspecified atom stereocenters. The molecule has 2 heterocycles. The highest BCUT2D eigenvalue weighted by atomic mass is 15.3. The van der Waals surface area contributed by atoms with Gasteiger partial charge in [0, 0.05) is 5.56 Å². The maximum atomic E-state index is 5.15. The zero-order valence-corrected chi connectivity index (χ0v) is 18.7. The topological polar surface area (TPSA) is 30.7 Å². The molecule has 0 amide bonds. The van der Waals surface area contributed by atoms with Gasteiger partial charge in [-0.05, 0) is 60.0 Å². The highest BCUT2D eigenvalue weighted by Crippen LogP contribution is 2.35. The summed E-state index contributed by atoms with van der Waals surface area (Å²) < 4.78 is 1.97. The van der Waals surface area contributed by atoms with Crippen LogP contribution in [0, 0.1) is 13.8 Å². The van der Waals surface area contributed by atoms with Gasteiger partial charge in [-0.25, -0.2) is 9.67 Å². The van der Waals surface area contributed by atoms with Crippen molar-refractivity contribution < 1.29 is 0 Å². The van der Waals surface area contributed by atoms with E-state index in [-0.39, 0.29) is 0 Å². The third-order valence-corrected chi connectivity index (χ3v) is 6.22. The van der Waals surface area contributed by atoms with E-state index in [1.165, 1.54) is 21.9 Å². The average molecular weight is 426 g/mol. The first-order valence-electron chi connectivity index (χ1n) is 11.2. The van der Waals surface area contributed by atoms with Crippen LogP contribution >= 0.6 is 0 Å². The number of fused-ring (bicyclic) bond motifs is 2. The van der Waals surface area contributed by atoms with E-state index in [2.05, 4.69) is 98.8 Å². The summed E-state index contributed by atoms with van der Waals surface area (Å²) >= 11 is 0. The molecule has 2 aromatic heterocycles. The van der Waals surface area contributed by atoms with E-state index in [1.807, 2.05) is 22.9 Å². The molecular formula is C30H23N3. The summed E-state index contributed by atoms with van der Waals surface area (Å²) in [6.07, 6.45) is 0. The molecule has 3 heteroatoms. The van der Waals surface area contributed by atoms with Crippen molar-refractivity contribution in [1.29, 1.82) is 0 Å². The molecule has 0 bridgehead atoms. The highest BCUT2D eigenvalue weighted by molar-refractivity contribution is 5.98. The monoisotopic (exact) mass is 425 g/mol. The number of rotatable bonds is 3. The quantitative estimate of drug-likeness (QED) is 0.293. The van der Waals surface area contributed by atoms with Crippen LogP contribution in [0.5, 0.6) is 0 Å². The lowest BCUT2D eigenvalue weighted by atomic mass is 9.97. The van der Waals surface area contributed by atoms with Crippen molar-refractivity contribution in [1.82, 2.24) is 14.8 Å². The van der Waals surface area contributed by atoms with Crippen LogP contribution in [0.2, 0.25) is 0 Å². The van der Waals surface area contributed by atoms with E-state index < -0.39 is 0 Å². The third-order valence-electron chi connectivity index (χ3n) is 6.22. The number of hydrogen-bond acceptors (Lipinski definition) is 2. The lowest BCUT2D eigenvalue weighted by Crippen LogP contribution is -1.98. The smallest absolute Gasteiger partial charge is 0.164 e. The molecule has 3 nitrogen and oxygen atoms in total. The van der Waals surface area contributed by atoms with Gasteiger partial charge in [0.05, 0.1) is 22.5 Å². The van der Waals surface area contributed by atoms with Gasteiger partial charge in [0.2, 0.25) is 0 Å². The van der Waals surface area contributed by atoms with Crippen LogP contribution < -0.4 is 0 Å². The molecule has 6 aromatic rings. The Bertz CT molecular complexity index is 1610. The van der Waals surface area contributed by atoms with Gasteiger partial charge < -0.3 is 0 Å². The summed E-state index contributed by atoms with van der Waals surface area (Å²) in [7, 11) is 0. The Morgan fingerprint density at radius 3 is 2.12 bits per heavy atom. The number of nitrogens with zero attached hydrogens (tertiary/aromatic N) is 3. The predicted molar refractivity (Wildman–Crippen MR) is 137 cm³/mol. The van der Waals surface area contributed by atoms with Crippen molar-refractivity contribution in [2.24, 2.45) is 0 Å². The van der Waals surface area contributed by atoms with E-state index in [9.17, 15) is 0 Å². The Labute approximate surface area is 193 Å². The van der Waals surface area contributed by atoms with Gasteiger partial charge in [-0.3, -0.25) is 0 Å². The molecule has 0 saturated carbocycles. The molecule has 0 aliphatic rings. The molecule has 158 valence electrons. The second kappa shape index (κ2) is 7.72. The van der Waals surface area contributed by atoms with Crippen LogP contribution in [0.4, 0.5) is 0 Å². The van der Waals surface area contributed by atoms with Crippen molar-refractivity contribution >= 4 is 21.8 Å². The summed E-state index contributed by atoms with van der Waals surface area (Å²) in [6, 6.07) is 36.1. The Morgan fingerprint density at radius 1 is 0.636 bits per heavy atom. The molecule has 0 N–H and O–H groups in total. The SMILES string of the molecule is Cc1ccc(-c2cc(-c3ccc4ccccc4c3)nc3c2c(C)nn3-c2ccccc2)cc1. The molecule has 0 aliphatic heterocycles. The van der Waals surface area contributed by atoms with E-state index >= 15 is 0 Å². The number of aryl methyl sites for hydroxylation is 2. The second-order valence-electron chi connectivity index (χ2n) is 8.51. The zero-order chi connectivity index (χ0) is 22.4. The van der Waals surface area contributed by atoms with Crippen LogP contribution in [0.1, 0.15) is 11.3 Å². The van der Waals surface area contributed by atoms with Crippen LogP contribution in [0.3, 0.4) is 0 Å². The minimum atomic E-state index is 0.875. The van der Waals surface area contributed by atoms with Gasteiger partial charge in [-0.1, -0.05) is 84.4 Å². The first-order valence-corrected chi connectivity index (χ1v) is 11.2. The van der Waals surface area contributed by atoms with Crippen molar-refractivity contribution in [2.45, 2.75) is 13.8 Å². The molecular weight excluding hydrogens is 402 g/mol. The first kappa shape index (κ1) is 19.4. The fraction of sp³-hybridized carbons (Fsp3) is 0.0667. The molecule has 0 fully saturated rings. The number of para-hydroxylation sites is 1. The zero-order valence-electron chi connectivity index (χ0n) is 18.7. The molecule has 0 atom stereocenters. The average Bonchev–Trinajstić information content (AvgIpc) is 3.20. The van der Waals surface area contributed by atoms with Gasteiger partial charge in [0.25, 0.3) is 0 Å². The third kappa shape index (κ3) is 3.39. The number of aromatic nitrogens is 3. The van der Waals surface area contributed by atoms with E-state index in [1.54, 1.807) is 0 Å². The van der Waals surface area contributed by atoms with Crippen LogP contribution in [0.25, 0.3) is 49.9 Å². The lowest BCUT2D eigenvalue weighted by Gasteiger charge is -2.11. The van der Waals surface area contributed by atoms with E-state index in [4.69, 9.17) is 10.1 Å². The normalized spacial score (nSPS) is 11.3. The fourth-order valence-electron chi connectivity index (χ4n) is 4.50. The van der Waals surface area contributed by atoms with Crippen molar-refractivity contribution in [3.05, 3.63) is 114 Å². The molecule has 6 rings (SSSR count). The Morgan fingerprint density at radius 2 is 1.33 bits per heavy atom. The number of pyridine rings is 1. The van der Waals surface area contributed by atoms with Crippen molar-refractivity contribution in [3.8, 4) is 28.1 Å². The summed E-state index contributed by atoms with van der Waals surface area (Å²) in [4.78, 5) is 5.15. The molecule has 0 spiro atoms.